The Morgan fingerprint density at radius 1 is 1.41 bits per heavy atom. The summed E-state index contributed by atoms with van der Waals surface area (Å²) in [6.45, 7) is 3.04. The molecule has 17 heavy (non-hydrogen) atoms. The monoisotopic (exact) mass is 235 g/mol. The third-order valence-corrected chi connectivity index (χ3v) is 3.60. The average Bonchev–Trinajstić information content (AvgIpc) is 2.72. The molecule has 3 unspecified atom stereocenters. The average molecular weight is 235 g/mol. The van der Waals surface area contributed by atoms with E-state index in [4.69, 9.17) is 0 Å². The summed E-state index contributed by atoms with van der Waals surface area (Å²) < 4.78 is 0. The number of hydrogen-bond acceptors (Lipinski definition) is 3. The highest BCUT2D eigenvalue weighted by molar-refractivity contribution is 5.28. The van der Waals surface area contributed by atoms with Crippen LogP contribution < -0.4 is 5.32 Å². The maximum Gasteiger partial charge on any atom is 0.115 e. The molecule has 3 N–H and O–H groups in total. The molecule has 3 atom stereocenters. The van der Waals surface area contributed by atoms with Gasteiger partial charge in [-0.2, -0.15) is 0 Å². The second-order valence-electron chi connectivity index (χ2n) is 5.06. The second-order valence-corrected chi connectivity index (χ2v) is 5.06. The minimum Gasteiger partial charge on any atom is -0.508 e. The zero-order valence-electron chi connectivity index (χ0n) is 10.3. The molecule has 2 rings (SSSR count). The standard InChI is InChI=1S/C14H21NO2/c1-10(12-3-2-4-13(16)8-12)15-9-11-5-6-14(17)7-11/h2-4,8,10-11,14-17H,5-7,9H2,1H3. The number of aromatic hydroxyl groups is 1. The van der Waals surface area contributed by atoms with Crippen molar-refractivity contribution >= 4 is 0 Å². The van der Waals surface area contributed by atoms with Crippen LogP contribution in [0.3, 0.4) is 0 Å². The summed E-state index contributed by atoms with van der Waals surface area (Å²) in [5.41, 5.74) is 1.10. The summed E-state index contributed by atoms with van der Waals surface area (Å²) in [7, 11) is 0. The normalized spacial score (nSPS) is 26.0. The molecule has 0 aromatic heterocycles. The minimum absolute atomic E-state index is 0.0992. The lowest BCUT2D eigenvalue weighted by Gasteiger charge is -2.17. The molecule has 1 aliphatic rings. The van der Waals surface area contributed by atoms with Crippen molar-refractivity contribution in [3.05, 3.63) is 29.8 Å². The van der Waals surface area contributed by atoms with Crippen LogP contribution in [0.25, 0.3) is 0 Å². The Kier molecular flexibility index (Phi) is 4.02. The molecule has 1 aliphatic carbocycles. The van der Waals surface area contributed by atoms with E-state index < -0.39 is 0 Å². The zero-order chi connectivity index (χ0) is 12.3. The molecule has 94 valence electrons. The van der Waals surface area contributed by atoms with E-state index in [0.717, 1.165) is 31.4 Å². The van der Waals surface area contributed by atoms with E-state index in [1.165, 1.54) is 0 Å². The van der Waals surface area contributed by atoms with E-state index in [-0.39, 0.29) is 12.1 Å². The zero-order valence-corrected chi connectivity index (χ0v) is 10.3. The van der Waals surface area contributed by atoms with Gasteiger partial charge in [0, 0.05) is 6.04 Å². The van der Waals surface area contributed by atoms with Gasteiger partial charge in [0.15, 0.2) is 0 Å². The topological polar surface area (TPSA) is 52.5 Å². The molecule has 0 aliphatic heterocycles. The van der Waals surface area contributed by atoms with Crippen LogP contribution in [0, 0.1) is 5.92 Å². The fourth-order valence-corrected chi connectivity index (χ4v) is 2.49. The van der Waals surface area contributed by atoms with Crippen LogP contribution in [-0.4, -0.2) is 22.9 Å². The van der Waals surface area contributed by atoms with Gasteiger partial charge >= 0.3 is 0 Å². The predicted molar refractivity (Wildman–Crippen MR) is 67.9 cm³/mol. The van der Waals surface area contributed by atoms with Gasteiger partial charge in [-0.3, -0.25) is 0 Å². The Bertz CT molecular complexity index is 367. The molecule has 0 spiro atoms. The molecule has 0 bridgehead atoms. The SMILES string of the molecule is CC(NCC1CCC(O)C1)c1cccc(O)c1. The van der Waals surface area contributed by atoms with Crippen LogP contribution in [0.2, 0.25) is 0 Å². The van der Waals surface area contributed by atoms with Gasteiger partial charge in [0.05, 0.1) is 6.10 Å². The predicted octanol–water partition coefficient (Wildman–Crippen LogP) is 2.20. The number of nitrogens with one attached hydrogen (secondary N) is 1. The minimum atomic E-state index is -0.0992. The number of rotatable bonds is 4. The maximum absolute atomic E-state index is 9.46. The van der Waals surface area contributed by atoms with Crippen LogP contribution in [0.1, 0.15) is 37.8 Å². The Balaban J connectivity index is 1.83. The third kappa shape index (κ3) is 3.45. The summed E-state index contributed by atoms with van der Waals surface area (Å²) in [5, 5.41) is 22.3. The largest absolute Gasteiger partial charge is 0.508 e. The molecule has 0 amide bonds. The first-order chi connectivity index (χ1) is 8.15. The van der Waals surface area contributed by atoms with E-state index in [2.05, 4.69) is 12.2 Å². The van der Waals surface area contributed by atoms with Crippen molar-refractivity contribution in [2.24, 2.45) is 5.92 Å². The lowest BCUT2D eigenvalue weighted by atomic mass is 10.1. The first-order valence-electron chi connectivity index (χ1n) is 6.35. The maximum atomic E-state index is 9.46. The first kappa shape index (κ1) is 12.4. The number of aliphatic hydroxyl groups excluding tert-OH is 1. The molecular formula is C14H21NO2. The molecule has 0 saturated heterocycles. The van der Waals surface area contributed by atoms with E-state index in [1.54, 1.807) is 12.1 Å². The number of benzene rings is 1. The van der Waals surface area contributed by atoms with Gasteiger partial charge in [0.1, 0.15) is 5.75 Å². The molecule has 0 heterocycles. The highest BCUT2D eigenvalue weighted by Gasteiger charge is 2.22. The van der Waals surface area contributed by atoms with Crippen molar-refractivity contribution in [3.8, 4) is 5.75 Å². The molecule has 0 radical (unpaired) electrons. The summed E-state index contributed by atoms with van der Waals surface area (Å²) >= 11 is 0. The Hall–Kier alpha value is -1.06. The van der Waals surface area contributed by atoms with Gasteiger partial charge in [-0.15, -0.1) is 0 Å². The lowest BCUT2D eigenvalue weighted by Crippen LogP contribution is -2.24. The van der Waals surface area contributed by atoms with Crippen molar-refractivity contribution in [2.45, 2.75) is 38.3 Å². The van der Waals surface area contributed by atoms with Crippen LogP contribution >= 0.6 is 0 Å². The van der Waals surface area contributed by atoms with Crippen LogP contribution in [0.4, 0.5) is 0 Å². The van der Waals surface area contributed by atoms with E-state index in [9.17, 15) is 10.2 Å². The van der Waals surface area contributed by atoms with E-state index >= 15 is 0 Å². The third-order valence-electron chi connectivity index (χ3n) is 3.60. The number of hydrogen-bond donors (Lipinski definition) is 3. The summed E-state index contributed by atoms with van der Waals surface area (Å²) in [6, 6.07) is 7.59. The van der Waals surface area contributed by atoms with Gasteiger partial charge in [-0.05, 0) is 56.3 Å². The number of phenols is 1. The fraction of sp³-hybridized carbons (Fsp3) is 0.571. The van der Waals surface area contributed by atoms with Gasteiger partial charge in [0.2, 0.25) is 0 Å². The van der Waals surface area contributed by atoms with Gasteiger partial charge < -0.3 is 15.5 Å². The van der Waals surface area contributed by atoms with Crippen LogP contribution in [-0.2, 0) is 0 Å². The quantitative estimate of drug-likeness (QED) is 0.750. The summed E-state index contributed by atoms with van der Waals surface area (Å²) in [5.74, 6) is 0.900. The highest BCUT2D eigenvalue weighted by Crippen LogP contribution is 2.25. The lowest BCUT2D eigenvalue weighted by molar-refractivity contribution is 0.177. The van der Waals surface area contributed by atoms with Crippen LogP contribution in [0.5, 0.6) is 5.75 Å². The Morgan fingerprint density at radius 2 is 2.24 bits per heavy atom. The van der Waals surface area contributed by atoms with Crippen LogP contribution in [0.15, 0.2) is 24.3 Å². The molecule has 1 aromatic carbocycles. The molecule has 3 nitrogen and oxygen atoms in total. The summed E-state index contributed by atoms with van der Waals surface area (Å²) in [4.78, 5) is 0. The summed E-state index contributed by atoms with van der Waals surface area (Å²) in [6.07, 6.45) is 2.87. The van der Waals surface area contributed by atoms with E-state index in [0.29, 0.717) is 11.7 Å². The van der Waals surface area contributed by atoms with Gasteiger partial charge in [0.25, 0.3) is 0 Å². The first-order valence-corrected chi connectivity index (χ1v) is 6.35. The van der Waals surface area contributed by atoms with Crippen molar-refractivity contribution in [1.82, 2.24) is 5.32 Å². The Labute approximate surface area is 102 Å². The molecule has 1 aromatic rings. The molecular weight excluding hydrogens is 214 g/mol. The highest BCUT2D eigenvalue weighted by atomic mass is 16.3. The van der Waals surface area contributed by atoms with Crippen molar-refractivity contribution < 1.29 is 10.2 Å². The van der Waals surface area contributed by atoms with Crippen molar-refractivity contribution in [1.29, 1.82) is 0 Å². The smallest absolute Gasteiger partial charge is 0.115 e. The molecule has 3 heteroatoms. The van der Waals surface area contributed by atoms with Crippen molar-refractivity contribution in [2.75, 3.05) is 6.54 Å². The molecule has 1 fully saturated rings. The fourth-order valence-electron chi connectivity index (χ4n) is 2.49. The van der Waals surface area contributed by atoms with Crippen molar-refractivity contribution in [3.63, 3.8) is 0 Å². The van der Waals surface area contributed by atoms with E-state index in [1.807, 2.05) is 12.1 Å². The van der Waals surface area contributed by atoms with Gasteiger partial charge in [-0.1, -0.05) is 12.1 Å². The second kappa shape index (κ2) is 5.52. The Morgan fingerprint density at radius 3 is 2.88 bits per heavy atom. The number of aliphatic hydroxyl groups is 1. The molecule has 1 saturated carbocycles. The number of phenolic OH excluding ortho intramolecular Hbond substituents is 1. The van der Waals surface area contributed by atoms with Gasteiger partial charge in [-0.25, -0.2) is 0 Å².